The lowest BCUT2D eigenvalue weighted by Gasteiger charge is -2.30. The van der Waals surface area contributed by atoms with Crippen molar-refractivity contribution in [3.63, 3.8) is 0 Å². The van der Waals surface area contributed by atoms with Gasteiger partial charge in [-0.1, -0.05) is 0 Å². The first-order valence-electron chi connectivity index (χ1n) is 13.6. The monoisotopic (exact) mass is 588 g/mol. The van der Waals surface area contributed by atoms with E-state index in [1.807, 2.05) is 0 Å². The Labute approximate surface area is 250 Å². The molecule has 0 radical (unpaired) electrons. The molecule has 0 saturated carbocycles. The topological polar surface area (TPSA) is 112 Å². The Bertz CT molecular complexity index is 1830. The smallest absolute Gasteiger partial charge is 0.265 e. The number of hydrogen-bond acceptors (Lipinski definition) is 8. The molecule has 5 aromatic carbocycles. The summed E-state index contributed by atoms with van der Waals surface area (Å²) in [7, 11) is 6.03. The van der Waals surface area contributed by atoms with Gasteiger partial charge in [0.15, 0.2) is 0 Å². The molecule has 2 aliphatic rings. The van der Waals surface area contributed by atoms with Crippen LogP contribution in [0.15, 0.2) is 72.8 Å². The molecule has 10 nitrogen and oxygen atoms in total. The van der Waals surface area contributed by atoms with Crippen LogP contribution in [0.3, 0.4) is 0 Å². The minimum absolute atomic E-state index is 0.281. The number of ether oxygens (including phenoxy) is 4. The number of amides is 4. The third-order valence-corrected chi connectivity index (χ3v) is 8.15. The van der Waals surface area contributed by atoms with Crippen LogP contribution >= 0.6 is 0 Å². The highest BCUT2D eigenvalue weighted by Gasteiger charge is 2.38. The maximum absolute atomic E-state index is 13.7. The molecule has 0 atom stereocenters. The first-order chi connectivity index (χ1) is 21.3. The molecule has 0 fully saturated rings. The van der Waals surface area contributed by atoms with Gasteiger partial charge in [0, 0.05) is 33.0 Å². The molecule has 44 heavy (non-hydrogen) atoms. The standard InChI is InChI=1S/C34H24N2O8/c1-41-23-13-9-19-27-20(10-14-24(42-2)29(23)27)32(38)35(31(19)37)17-5-7-18(8-6-17)36-33(39)21-11-15-25(43-3)30-26(44-4)16-12-22(28(21)30)34(36)40/h5-16H,1-4H3. The molecule has 5 aromatic rings. The van der Waals surface area contributed by atoms with Crippen molar-refractivity contribution in [2.24, 2.45) is 0 Å². The van der Waals surface area contributed by atoms with Gasteiger partial charge in [-0.2, -0.15) is 0 Å². The van der Waals surface area contributed by atoms with Crippen LogP contribution < -0.4 is 28.7 Å². The second-order valence-corrected chi connectivity index (χ2v) is 10.2. The normalized spacial score (nSPS) is 14.0. The molecule has 0 aliphatic carbocycles. The molecule has 0 aromatic heterocycles. The van der Waals surface area contributed by atoms with E-state index in [0.717, 1.165) is 9.80 Å². The Hall–Kier alpha value is -5.90. The molecule has 218 valence electrons. The summed E-state index contributed by atoms with van der Waals surface area (Å²) in [4.78, 5) is 57.1. The zero-order valence-corrected chi connectivity index (χ0v) is 24.1. The maximum atomic E-state index is 13.7. The molecule has 0 saturated heterocycles. The number of carbonyl (C=O) groups is 4. The minimum Gasteiger partial charge on any atom is -0.496 e. The van der Waals surface area contributed by atoms with Gasteiger partial charge in [-0.3, -0.25) is 19.2 Å². The number of nitrogens with zero attached hydrogens (tertiary/aromatic N) is 2. The largest absolute Gasteiger partial charge is 0.496 e. The maximum Gasteiger partial charge on any atom is 0.265 e. The minimum atomic E-state index is -0.523. The van der Waals surface area contributed by atoms with E-state index >= 15 is 0 Å². The van der Waals surface area contributed by atoms with Crippen LogP contribution in [0.5, 0.6) is 23.0 Å². The molecular weight excluding hydrogens is 564 g/mol. The molecule has 0 bridgehead atoms. The Morgan fingerprint density at radius 1 is 0.364 bits per heavy atom. The van der Waals surface area contributed by atoms with E-state index in [-0.39, 0.29) is 11.4 Å². The Morgan fingerprint density at radius 3 is 0.841 bits per heavy atom. The molecule has 2 aliphatic heterocycles. The highest BCUT2D eigenvalue weighted by Crippen LogP contribution is 2.44. The average Bonchev–Trinajstić information content (AvgIpc) is 3.05. The zero-order valence-electron chi connectivity index (χ0n) is 24.1. The molecule has 2 heterocycles. The number of benzene rings is 5. The van der Waals surface area contributed by atoms with Crippen molar-refractivity contribution in [1.29, 1.82) is 0 Å². The van der Waals surface area contributed by atoms with Crippen molar-refractivity contribution in [3.8, 4) is 23.0 Å². The number of rotatable bonds is 6. The molecule has 7 rings (SSSR count). The molecular formula is C34H24N2O8. The fraction of sp³-hybridized carbons (Fsp3) is 0.118. The summed E-state index contributed by atoms with van der Waals surface area (Å²) in [5.41, 5.74) is 1.82. The van der Waals surface area contributed by atoms with E-state index in [2.05, 4.69) is 0 Å². The van der Waals surface area contributed by atoms with Crippen LogP contribution in [-0.4, -0.2) is 52.1 Å². The van der Waals surface area contributed by atoms with Crippen molar-refractivity contribution in [2.75, 3.05) is 38.2 Å². The fourth-order valence-corrected chi connectivity index (χ4v) is 6.15. The Balaban J connectivity index is 1.28. The fourth-order valence-electron chi connectivity index (χ4n) is 6.15. The van der Waals surface area contributed by atoms with Crippen molar-refractivity contribution < 1.29 is 38.1 Å². The number of anilines is 2. The summed E-state index contributed by atoms with van der Waals surface area (Å²) >= 11 is 0. The van der Waals surface area contributed by atoms with Gasteiger partial charge in [-0.05, 0) is 72.8 Å². The van der Waals surface area contributed by atoms with Crippen LogP contribution in [0.2, 0.25) is 0 Å². The molecule has 4 amide bonds. The summed E-state index contributed by atoms with van der Waals surface area (Å²) in [6.45, 7) is 0. The quantitative estimate of drug-likeness (QED) is 0.235. The number of imide groups is 2. The van der Waals surface area contributed by atoms with Crippen molar-refractivity contribution in [2.45, 2.75) is 0 Å². The lowest BCUT2D eigenvalue weighted by atomic mass is 9.92. The second kappa shape index (κ2) is 9.84. The molecule has 0 unspecified atom stereocenters. The van der Waals surface area contributed by atoms with Crippen molar-refractivity contribution in [1.82, 2.24) is 0 Å². The molecule has 0 spiro atoms. The third kappa shape index (κ3) is 3.54. The first-order valence-corrected chi connectivity index (χ1v) is 13.6. The molecule has 10 heteroatoms. The van der Waals surface area contributed by atoms with Crippen LogP contribution in [0.4, 0.5) is 11.4 Å². The van der Waals surface area contributed by atoms with Gasteiger partial charge < -0.3 is 18.9 Å². The van der Waals surface area contributed by atoms with Crippen LogP contribution in [0, 0.1) is 0 Å². The van der Waals surface area contributed by atoms with Gasteiger partial charge in [0.2, 0.25) is 0 Å². The summed E-state index contributed by atoms with van der Waals surface area (Å²) in [5, 5.41) is 1.98. The lowest BCUT2D eigenvalue weighted by Crippen LogP contribution is -2.41. The SMILES string of the molecule is COc1ccc2c3c(ccc(OC)c13)C(=O)N(c1ccc(N3C(=O)c4ccc(OC)c5c(OC)ccc(c45)C3=O)cc1)C2=O. The van der Waals surface area contributed by atoms with Crippen LogP contribution in [-0.2, 0) is 0 Å². The average molecular weight is 589 g/mol. The van der Waals surface area contributed by atoms with Gasteiger partial charge in [0.1, 0.15) is 23.0 Å². The predicted octanol–water partition coefficient (Wildman–Crippen LogP) is 5.63. The van der Waals surface area contributed by atoms with Crippen molar-refractivity contribution >= 4 is 56.5 Å². The number of hydrogen-bond donors (Lipinski definition) is 0. The Kier molecular flexibility index (Phi) is 6.03. The first kappa shape index (κ1) is 27.0. The van der Waals surface area contributed by atoms with E-state index in [4.69, 9.17) is 18.9 Å². The van der Waals surface area contributed by atoms with Gasteiger partial charge in [-0.25, -0.2) is 9.80 Å². The summed E-state index contributed by atoms with van der Waals surface area (Å²) in [5.74, 6) is -0.183. The summed E-state index contributed by atoms with van der Waals surface area (Å²) in [6, 6.07) is 19.3. The second-order valence-electron chi connectivity index (χ2n) is 10.2. The van der Waals surface area contributed by atoms with Gasteiger partial charge in [0.05, 0.1) is 50.6 Å². The number of carbonyl (C=O) groups excluding carboxylic acids is 4. The molecule has 0 N–H and O–H groups in total. The van der Waals surface area contributed by atoms with Gasteiger partial charge in [-0.15, -0.1) is 0 Å². The predicted molar refractivity (Wildman–Crippen MR) is 163 cm³/mol. The summed E-state index contributed by atoms with van der Waals surface area (Å²) < 4.78 is 22.0. The van der Waals surface area contributed by atoms with E-state index in [0.29, 0.717) is 66.8 Å². The summed E-state index contributed by atoms with van der Waals surface area (Å²) in [6.07, 6.45) is 0. The Morgan fingerprint density at radius 2 is 0.614 bits per heavy atom. The van der Waals surface area contributed by atoms with Gasteiger partial charge in [0.25, 0.3) is 23.6 Å². The highest BCUT2D eigenvalue weighted by atomic mass is 16.5. The van der Waals surface area contributed by atoms with E-state index in [1.54, 1.807) is 48.5 Å². The third-order valence-electron chi connectivity index (χ3n) is 8.15. The van der Waals surface area contributed by atoms with E-state index in [9.17, 15) is 19.2 Å². The van der Waals surface area contributed by atoms with E-state index in [1.165, 1.54) is 52.7 Å². The van der Waals surface area contributed by atoms with Crippen molar-refractivity contribution in [3.05, 3.63) is 95.1 Å². The van der Waals surface area contributed by atoms with E-state index < -0.39 is 23.6 Å². The van der Waals surface area contributed by atoms with Crippen LogP contribution in [0.1, 0.15) is 41.4 Å². The van der Waals surface area contributed by atoms with Gasteiger partial charge >= 0.3 is 0 Å². The van der Waals surface area contributed by atoms with Crippen LogP contribution in [0.25, 0.3) is 21.5 Å². The number of methoxy groups -OCH3 is 4. The highest BCUT2D eigenvalue weighted by molar-refractivity contribution is 6.38. The zero-order chi connectivity index (χ0) is 30.9. The lowest BCUT2D eigenvalue weighted by molar-refractivity contribution is 0.0876.